The van der Waals surface area contributed by atoms with Crippen LogP contribution in [0.4, 0.5) is 0 Å². The topological polar surface area (TPSA) is 67.2 Å². The largest absolute Gasteiger partial charge is 0.396 e. The van der Waals surface area contributed by atoms with Gasteiger partial charge in [-0.15, -0.1) is 0 Å². The number of amides is 1. The smallest absolute Gasteiger partial charge is 0.254 e. The highest BCUT2D eigenvalue weighted by atomic mass is 16.3. The number of aromatic nitrogens is 2. The predicted molar refractivity (Wildman–Crippen MR) is 97.4 cm³/mol. The Bertz CT molecular complexity index is 696. The zero-order chi connectivity index (χ0) is 17.6. The molecule has 1 aliphatic carbocycles. The number of hydrogen-bond donors (Lipinski definition) is 2. The summed E-state index contributed by atoms with van der Waals surface area (Å²) < 4.78 is 1.86. The number of nitrogens with zero attached hydrogens (tertiary/aromatic N) is 2. The molecule has 0 radical (unpaired) electrons. The van der Waals surface area contributed by atoms with Gasteiger partial charge in [-0.2, -0.15) is 5.10 Å². The lowest BCUT2D eigenvalue weighted by Crippen LogP contribution is -2.41. The summed E-state index contributed by atoms with van der Waals surface area (Å²) in [6.45, 7) is 2.72. The van der Waals surface area contributed by atoms with Crippen molar-refractivity contribution in [1.82, 2.24) is 15.1 Å². The van der Waals surface area contributed by atoms with Gasteiger partial charge < -0.3 is 10.4 Å². The fourth-order valence-electron chi connectivity index (χ4n) is 3.62. The molecule has 0 spiro atoms. The lowest BCUT2D eigenvalue weighted by atomic mass is 9.95. The van der Waals surface area contributed by atoms with Crippen LogP contribution in [-0.2, 0) is 6.54 Å². The van der Waals surface area contributed by atoms with Gasteiger partial charge in [-0.05, 0) is 25.3 Å². The van der Waals surface area contributed by atoms with Crippen molar-refractivity contribution >= 4 is 5.91 Å². The van der Waals surface area contributed by atoms with Gasteiger partial charge in [-0.25, -0.2) is 0 Å². The molecular formula is C20H27N3O2. The monoisotopic (exact) mass is 341 g/mol. The summed E-state index contributed by atoms with van der Waals surface area (Å²) >= 11 is 0. The third-order valence-electron chi connectivity index (χ3n) is 5.23. The molecule has 1 amide bonds. The molecule has 5 heteroatoms. The maximum atomic E-state index is 12.7. The molecule has 0 saturated heterocycles. The molecule has 1 aliphatic rings. The molecule has 0 aliphatic heterocycles. The van der Waals surface area contributed by atoms with Crippen LogP contribution < -0.4 is 5.32 Å². The van der Waals surface area contributed by atoms with E-state index in [9.17, 15) is 9.90 Å². The number of carbonyl (C=O) groups is 1. The molecule has 25 heavy (non-hydrogen) atoms. The molecule has 2 aromatic rings. The van der Waals surface area contributed by atoms with Gasteiger partial charge >= 0.3 is 0 Å². The Hall–Kier alpha value is -2.14. The molecule has 1 aromatic heterocycles. The van der Waals surface area contributed by atoms with Crippen molar-refractivity contribution in [2.75, 3.05) is 6.61 Å². The van der Waals surface area contributed by atoms with Gasteiger partial charge in [0.2, 0.25) is 0 Å². The van der Waals surface area contributed by atoms with Crippen molar-refractivity contribution < 1.29 is 9.90 Å². The summed E-state index contributed by atoms with van der Waals surface area (Å²) in [5.74, 6) is 0.0771. The predicted octanol–water partition coefficient (Wildman–Crippen LogP) is 2.91. The normalized spacial score (nSPS) is 20.9. The van der Waals surface area contributed by atoms with E-state index in [0.29, 0.717) is 12.1 Å². The highest BCUT2D eigenvalue weighted by Gasteiger charge is 2.26. The van der Waals surface area contributed by atoms with Crippen molar-refractivity contribution in [3.8, 4) is 0 Å². The Kier molecular flexibility index (Phi) is 5.87. The second-order valence-corrected chi connectivity index (χ2v) is 6.95. The molecule has 3 rings (SSSR count). The first-order valence-electron chi connectivity index (χ1n) is 9.17. The van der Waals surface area contributed by atoms with Crippen LogP contribution in [0, 0.1) is 12.8 Å². The average Bonchev–Trinajstić information content (AvgIpc) is 2.84. The van der Waals surface area contributed by atoms with Crippen LogP contribution in [0.15, 0.2) is 36.5 Å². The lowest BCUT2D eigenvalue weighted by Gasteiger charge is -2.24. The van der Waals surface area contributed by atoms with Gasteiger partial charge in [0.25, 0.3) is 5.91 Å². The van der Waals surface area contributed by atoms with Crippen molar-refractivity contribution in [1.29, 1.82) is 0 Å². The van der Waals surface area contributed by atoms with Crippen molar-refractivity contribution in [2.45, 2.75) is 51.6 Å². The first-order valence-corrected chi connectivity index (χ1v) is 9.17. The van der Waals surface area contributed by atoms with Crippen LogP contribution in [-0.4, -0.2) is 33.4 Å². The molecule has 1 saturated carbocycles. The molecule has 2 unspecified atom stereocenters. The fraction of sp³-hybridized carbons (Fsp3) is 0.500. The first-order chi connectivity index (χ1) is 12.2. The standard InChI is InChI=1S/C20H27N3O2/c1-15-18(12-21-23(15)13-16-8-4-2-5-9-16)20(25)22-19-11-7-3-6-10-17(19)14-24/h2,4-5,8-9,12,17,19,24H,3,6-7,10-11,13-14H2,1H3,(H,22,25). The third kappa shape index (κ3) is 4.28. The maximum Gasteiger partial charge on any atom is 0.254 e. The second-order valence-electron chi connectivity index (χ2n) is 6.95. The fourth-order valence-corrected chi connectivity index (χ4v) is 3.62. The Morgan fingerprint density at radius 2 is 2.00 bits per heavy atom. The van der Waals surface area contributed by atoms with E-state index in [0.717, 1.165) is 36.9 Å². The Labute approximate surface area is 149 Å². The van der Waals surface area contributed by atoms with E-state index in [2.05, 4.69) is 22.5 Å². The van der Waals surface area contributed by atoms with Gasteiger partial charge in [-0.3, -0.25) is 9.48 Å². The van der Waals surface area contributed by atoms with Crippen LogP contribution in [0.5, 0.6) is 0 Å². The Balaban J connectivity index is 1.70. The van der Waals surface area contributed by atoms with E-state index in [-0.39, 0.29) is 24.5 Å². The molecular weight excluding hydrogens is 314 g/mol. The highest BCUT2D eigenvalue weighted by Crippen LogP contribution is 2.23. The second kappa shape index (κ2) is 8.30. The highest BCUT2D eigenvalue weighted by molar-refractivity contribution is 5.95. The molecule has 1 heterocycles. The number of aliphatic hydroxyl groups is 1. The lowest BCUT2D eigenvalue weighted by molar-refractivity contribution is 0.0898. The van der Waals surface area contributed by atoms with Crippen LogP contribution >= 0.6 is 0 Å². The van der Waals surface area contributed by atoms with Gasteiger partial charge in [0.15, 0.2) is 0 Å². The third-order valence-corrected chi connectivity index (χ3v) is 5.23. The Morgan fingerprint density at radius 3 is 2.76 bits per heavy atom. The molecule has 2 N–H and O–H groups in total. The number of nitrogens with one attached hydrogen (secondary N) is 1. The van der Waals surface area contributed by atoms with Crippen LogP contribution in [0.1, 0.15) is 53.7 Å². The zero-order valence-electron chi connectivity index (χ0n) is 14.8. The van der Waals surface area contributed by atoms with E-state index in [1.807, 2.05) is 29.8 Å². The minimum Gasteiger partial charge on any atom is -0.396 e. The van der Waals surface area contributed by atoms with Gasteiger partial charge in [0.1, 0.15) is 0 Å². The number of hydrogen-bond acceptors (Lipinski definition) is 3. The number of carbonyl (C=O) groups excluding carboxylic acids is 1. The molecule has 1 fully saturated rings. The number of rotatable bonds is 5. The zero-order valence-corrected chi connectivity index (χ0v) is 14.8. The van der Waals surface area contributed by atoms with E-state index >= 15 is 0 Å². The van der Waals surface area contributed by atoms with Crippen molar-refractivity contribution in [3.05, 3.63) is 53.3 Å². The quantitative estimate of drug-likeness (QED) is 0.822. The van der Waals surface area contributed by atoms with Crippen molar-refractivity contribution in [3.63, 3.8) is 0 Å². The molecule has 5 nitrogen and oxygen atoms in total. The van der Waals surface area contributed by atoms with Gasteiger partial charge in [0, 0.05) is 24.3 Å². The summed E-state index contributed by atoms with van der Waals surface area (Å²) in [7, 11) is 0. The minimum atomic E-state index is -0.0813. The number of aliphatic hydroxyl groups excluding tert-OH is 1. The minimum absolute atomic E-state index is 0.0527. The Morgan fingerprint density at radius 1 is 1.24 bits per heavy atom. The van der Waals surface area contributed by atoms with Gasteiger partial charge in [0.05, 0.1) is 18.3 Å². The summed E-state index contributed by atoms with van der Waals surface area (Å²) in [5, 5.41) is 17.2. The molecule has 1 aromatic carbocycles. The summed E-state index contributed by atoms with van der Waals surface area (Å²) in [5.41, 5.74) is 2.65. The van der Waals surface area contributed by atoms with E-state index in [1.54, 1.807) is 6.20 Å². The summed E-state index contributed by atoms with van der Waals surface area (Å²) in [4.78, 5) is 12.7. The van der Waals surface area contributed by atoms with Crippen LogP contribution in [0.3, 0.4) is 0 Å². The molecule has 134 valence electrons. The molecule has 0 bridgehead atoms. The molecule has 2 atom stereocenters. The number of benzene rings is 1. The van der Waals surface area contributed by atoms with E-state index in [1.165, 1.54) is 6.42 Å². The summed E-state index contributed by atoms with van der Waals surface area (Å²) in [6, 6.07) is 10.2. The summed E-state index contributed by atoms with van der Waals surface area (Å²) in [6.07, 6.45) is 6.98. The van der Waals surface area contributed by atoms with E-state index < -0.39 is 0 Å². The maximum absolute atomic E-state index is 12.7. The average molecular weight is 341 g/mol. The van der Waals surface area contributed by atoms with Crippen LogP contribution in [0.25, 0.3) is 0 Å². The van der Waals surface area contributed by atoms with Crippen LogP contribution in [0.2, 0.25) is 0 Å². The van der Waals surface area contributed by atoms with Crippen molar-refractivity contribution in [2.24, 2.45) is 5.92 Å². The first kappa shape index (κ1) is 17.7. The van der Waals surface area contributed by atoms with E-state index in [4.69, 9.17) is 0 Å². The SMILES string of the molecule is Cc1c(C(=O)NC2CCCCCC2CO)cnn1Cc1ccccc1. The van der Waals surface area contributed by atoms with Gasteiger partial charge in [-0.1, -0.05) is 49.6 Å².